The molecule has 7 heteroatoms. The van der Waals surface area contributed by atoms with Gasteiger partial charge in [0, 0.05) is 29.1 Å². The van der Waals surface area contributed by atoms with Gasteiger partial charge in [-0.1, -0.05) is 23.7 Å². The number of alkyl carbamates (subject to hydrolysis) is 1. The molecule has 1 heterocycles. The van der Waals surface area contributed by atoms with Crippen molar-refractivity contribution in [1.29, 1.82) is 0 Å². The van der Waals surface area contributed by atoms with E-state index in [1.165, 1.54) is 7.11 Å². The molecule has 1 amide bonds. The van der Waals surface area contributed by atoms with E-state index in [1.54, 1.807) is 12.1 Å². The van der Waals surface area contributed by atoms with E-state index in [-0.39, 0.29) is 13.2 Å². The van der Waals surface area contributed by atoms with Crippen molar-refractivity contribution in [2.75, 3.05) is 26.9 Å². The van der Waals surface area contributed by atoms with Crippen molar-refractivity contribution in [2.45, 2.75) is 12.5 Å². The summed E-state index contributed by atoms with van der Waals surface area (Å²) in [5.41, 5.74) is 3.16. The zero-order valence-corrected chi connectivity index (χ0v) is 15.6. The van der Waals surface area contributed by atoms with Crippen LogP contribution in [0.15, 0.2) is 36.4 Å². The first-order chi connectivity index (χ1) is 13.1. The molecule has 2 aromatic carbocycles. The minimum absolute atomic E-state index is 0.242. The molecule has 2 aromatic rings. The number of fused-ring (bicyclic) bond motifs is 1. The van der Waals surface area contributed by atoms with E-state index in [0.29, 0.717) is 17.2 Å². The van der Waals surface area contributed by atoms with Crippen molar-refractivity contribution < 1.29 is 23.8 Å². The standard InChI is InChI=1S/C20H20ClNO5/c1-25-20(24)22-6-8-27-18(14-3-2-4-16(21)11-14)17-10-13(12-23)9-15-5-7-26-19(15)17/h2-4,9-12,18H,5-8H2,1H3,(H,22,24). The van der Waals surface area contributed by atoms with Gasteiger partial charge in [-0.2, -0.15) is 0 Å². The van der Waals surface area contributed by atoms with E-state index in [0.717, 1.165) is 35.1 Å². The van der Waals surface area contributed by atoms with Gasteiger partial charge >= 0.3 is 6.09 Å². The second-order valence-corrected chi connectivity index (χ2v) is 6.48. The van der Waals surface area contributed by atoms with Gasteiger partial charge in [-0.05, 0) is 35.4 Å². The largest absolute Gasteiger partial charge is 0.493 e. The Morgan fingerprint density at radius 2 is 2.22 bits per heavy atom. The number of methoxy groups -OCH3 is 1. The second-order valence-electron chi connectivity index (χ2n) is 6.04. The zero-order valence-electron chi connectivity index (χ0n) is 14.9. The highest BCUT2D eigenvalue weighted by molar-refractivity contribution is 6.30. The molecule has 3 rings (SSSR count). The Kier molecular flexibility index (Phi) is 6.32. The molecule has 0 radical (unpaired) electrons. The first-order valence-corrected chi connectivity index (χ1v) is 8.94. The zero-order chi connectivity index (χ0) is 19.2. The van der Waals surface area contributed by atoms with Gasteiger partial charge in [-0.25, -0.2) is 4.79 Å². The fourth-order valence-electron chi connectivity index (χ4n) is 3.06. The molecule has 0 saturated carbocycles. The van der Waals surface area contributed by atoms with Crippen LogP contribution in [-0.4, -0.2) is 39.2 Å². The van der Waals surface area contributed by atoms with Crippen LogP contribution in [0.3, 0.4) is 0 Å². The van der Waals surface area contributed by atoms with Crippen molar-refractivity contribution in [2.24, 2.45) is 0 Å². The monoisotopic (exact) mass is 389 g/mol. The number of carbonyl (C=O) groups is 2. The van der Waals surface area contributed by atoms with Gasteiger partial charge in [0.15, 0.2) is 0 Å². The van der Waals surface area contributed by atoms with Gasteiger partial charge in [0.1, 0.15) is 18.1 Å². The van der Waals surface area contributed by atoms with E-state index >= 15 is 0 Å². The highest BCUT2D eigenvalue weighted by Gasteiger charge is 2.25. The molecule has 0 bridgehead atoms. The van der Waals surface area contributed by atoms with Crippen molar-refractivity contribution >= 4 is 24.0 Å². The number of halogens is 1. The van der Waals surface area contributed by atoms with E-state index in [2.05, 4.69) is 10.1 Å². The van der Waals surface area contributed by atoms with Crippen LogP contribution in [0.25, 0.3) is 0 Å². The first kappa shape index (κ1) is 19.2. The SMILES string of the molecule is COC(=O)NCCOC(c1cccc(Cl)c1)c1cc(C=O)cc2c1OCC2. The van der Waals surface area contributed by atoms with Gasteiger partial charge in [-0.15, -0.1) is 0 Å². The van der Waals surface area contributed by atoms with Crippen molar-refractivity contribution in [3.63, 3.8) is 0 Å². The third kappa shape index (κ3) is 4.59. The highest BCUT2D eigenvalue weighted by Crippen LogP contribution is 2.39. The highest BCUT2D eigenvalue weighted by atomic mass is 35.5. The average molecular weight is 390 g/mol. The molecule has 1 N–H and O–H groups in total. The first-order valence-electron chi connectivity index (χ1n) is 8.56. The van der Waals surface area contributed by atoms with E-state index in [9.17, 15) is 9.59 Å². The molecule has 1 atom stereocenters. The Bertz CT molecular complexity index is 839. The summed E-state index contributed by atoms with van der Waals surface area (Å²) in [6.07, 6.45) is 0.548. The Labute approximate surface area is 162 Å². The molecule has 1 unspecified atom stereocenters. The molecular formula is C20H20ClNO5. The van der Waals surface area contributed by atoms with Crippen molar-refractivity contribution in [3.8, 4) is 5.75 Å². The van der Waals surface area contributed by atoms with Gasteiger partial charge in [0.2, 0.25) is 0 Å². The number of nitrogens with one attached hydrogen (secondary N) is 1. The van der Waals surface area contributed by atoms with E-state index < -0.39 is 12.2 Å². The maximum absolute atomic E-state index is 11.4. The third-order valence-electron chi connectivity index (χ3n) is 4.25. The number of hydrogen-bond donors (Lipinski definition) is 1. The summed E-state index contributed by atoms with van der Waals surface area (Å²) in [6.45, 7) is 1.09. The van der Waals surface area contributed by atoms with Gasteiger partial charge in [-0.3, -0.25) is 4.79 Å². The normalized spacial score (nSPS) is 13.4. The number of hydrogen-bond acceptors (Lipinski definition) is 5. The molecule has 1 aliphatic rings. The molecule has 142 valence electrons. The average Bonchev–Trinajstić information content (AvgIpc) is 3.15. The maximum atomic E-state index is 11.4. The predicted molar refractivity (Wildman–Crippen MR) is 101 cm³/mol. The van der Waals surface area contributed by atoms with Crippen LogP contribution in [0.4, 0.5) is 4.79 Å². The Morgan fingerprint density at radius 3 is 2.96 bits per heavy atom. The lowest BCUT2D eigenvalue weighted by molar-refractivity contribution is 0.0787. The summed E-state index contributed by atoms with van der Waals surface area (Å²) in [7, 11) is 1.30. The topological polar surface area (TPSA) is 73.9 Å². The molecule has 0 spiro atoms. The van der Waals surface area contributed by atoms with Crippen LogP contribution in [-0.2, 0) is 15.9 Å². The summed E-state index contributed by atoms with van der Waals surface area (Å²) < 4.78 is 16.4. The molecule has 0 aliphatic carbocycles. The lowest BCUT2D eigenvalue weighted by Gasteiger charge is -2.22. The number of aldehydes is 1. The molecule has 6 nitrogen and oxygen atoms in total. The van der Waals surface area contributed by atoms with Crippen LogP contribution in [0.5, 0.6) is 5.75 Å². The molecule has 0 fully saturated rings. The molecule has 0 aromatic heterocycles. The lowest BCUT2D eigenvalue weighted by Crippen LogP contribution is -2.27. The fourth-order valence-corrected chi connectivity index (χ4v) is 3.26. The Morgan fingerprint density at radius 1 is 1.37 bits per heavy atom. The van der Waals surface area contributed by atoms with Crippen molar-refractivity contribution in [3.05, 3.63) is 63.7 Å². The van der Waals surface area contributed by atoms with Gasteiger partial charge in [0.25, 0.3) is 0 Å². The molecule has 0 saturated heterocycles. The van der Waals surface area contributed by atoms with Crippen LogP contribution in [0, 0.1) is 0 Å². The van der Waals surface area contributed by atoms with Crippen LogP contribution < -0.4 is 10.1 Å². The molecule has 1 aliphatic heterocycles. The predicted octanol–water partition coefficient (Wildman–Crippen LogP) is 3.55. The maximum Gasteiger partial charge on any atom is 0.406 e. The summed E-state index contributed by atoms with van der Waals surface area (Å²) in [5, 5.41) is 3.16. The minimum atomic E-state index is -0.523. The smallest absolute Gasteiger partial charge is 0.406 e. The number of carbonyl (C=O) groups excluding carboxylic acids is 2. The second kappa shape index (κ2) is 8.88. The number of amides is 1. The Hall–Kier alpha value is -2.57. The van der Waals surface area contributed by atoms with Crippen LogP contribution >= 0.6 is 11.6 Å². The van der Waals surface area contributed by atoms with Crippen molar-refractivity contribution in [1.82, 2.24) is 5.32 Å². The summed E-state index contributed by atoms with van der Waals surface area (Å²) in [5.74, 6) is 0.742. The number of rotatable bonds is 7. The summed E-state index contributed by atoms with van der Waals surface area (Å²) in [4.78, 5) is 22.6. The van der Waals surface area contributed by atoms with Gasteiger partial charge in [0.05, 0.1) is 20.3 Å². The molecule has 27 heavy (non-hydrogen) atoms. The quantitative estimate of drug-likeness (QED) is 0.579. The van der Waals surface area contributed by atoms with Gasteiger partial charge < -0.3 is 19.5 Å². The summed E-state index contributed by atoms with van der Waals surface area (Å²) >= 11 is 6.16. The third-order valence-corrected chi connectivity index (χ3v) is 4.48. The lowest BCUT2D eigenvalue weighted by atomic mass is 9.96. The van der Waals surface area contributed by atoms with Crippen LogP contribution in [0.2, 0.25) is 5.02 Å². The Balaban J connectivity index is 1.91. The van der Waals surface area contributed by atoms with E-state index in [1.807, 2.05) is 24.3 Å². The van der Waals surface area contributed by atoms with E-state index in [4.69, 9.17) is 21.1 Å². The minimum Gasteiger partial charge on any atom is -0.493 e. The number of benzene rings is 2. The fraction of sp³-hybridized carbons (Fsp3) is 0.300. The van der Waals surface area contributed by atoms with Crippen LogP contribution in [0.1, 0.15) is 33.2 Å². The number of ether oxygens (including phenoxy) is 3. The summed E-state index contributed by atoms with van der Waals surface area (Å²) in [6, 6.07) is 11.0. The molecular weight excluding hydrogens is 370 g/mol.